The summed E-state index contributed by atoms with van der Waals surface area (Å²) in [6, 6.07) is 7.23. The number of fused-ring (bicyclic) bond motifs is 1. The molecule has 1 saturated heterocycles. The summed E-state index contributed by atoms with van der Waals surface area (Å²) in [6.45, 7) is 6.95. The van der Waals surface area contributed by atoms with Crippen LogP contribution in [0.2, 0.25) is 0 Å². The van der Waals surface area contributed by atoms with Gasteiger partial charge in [-0.2, -0.15) is 10.1 Å². The van der Waals surface area contributed by atoms with Gasteiger partial charge in [-0.25, -0.2) is 5.10 Å². The average Bonchev–Trinajstić information content (AvgIpc) is 3.13. The first-order chi connectivity index (χ1) is 13.5. The summed E-state index contributed by atoms with van der Waals surface area (Å²) < 4.78 is 5.00. The Kier molecular flexibility index (Phi) is 4.91. The van der Waals surface area contributed by atoms with Gasteiger partial charge in [0, 0.05) is 38.5 Å². The highest BCUT2D eigenvalue weighted by Crippen LogP contribution is 2.23. The van der Waals surface area contributed by atoms with Crippen LogP contribution >= 0.6 is 0 Å². The van der Waals surface area contributed by atoms with Gasteiger partial charge in [0.15, 0.2) is 5.82 Å². The topological polar surface area (TPSA) is 108 Å². The molecule has 0 bridgehead atoms. The second-order valence-electron chi connectivity index (χ2n) is 7.04. The second kappa shape index (κ2) is 7.51. The Morgan fingerprint density at radius 2 is 1.93 bits per heavy atom. The van der Waals surface area contributed by atoms with Crippen molar-refractivity contribution >= 4 is 16.7 Å². The minimum Gasteiger partial charge on any atom is -0.340 e. The molecule has 1 atom stereocenters. The van der Waals surface area contributed by atoms with E-state index in [2.05, 4.69) is 25.2 Å². The number of nitrogens with zero attached hydrogens (tertiary/aromatic N) is 5. The molecular formula is C19H22N6O3. The lowest BCUT2D eigenvalue weighted by molar-refractivity contribution is -0.134. The fraction of sp³-hybridized carbons (Fsp3) is 0.421. The van der Waals surface area contributed by atoms with Crippen molar-refractivity contribution in [2.24, 2.45) is 0 Å². The predicted molar refractivity (Wildman–Crippen MR) is 102 cm³/mol. The van der Waals surface area contributed by atoms with Gasteiger partial charge in [-0.05, 0) is 13.0 Å². The van der Waals surface area contributed by atoms with Crippen molar-refractivity contribution in [3.8, 4) is 0 Å². The van der Waals surface area contributed by atoms with Crippen molar-refractivity contribution in [3.63, 3.8) is 0 Å². The number of aromatic nitrogens is 4. The summed E-state index contributed by atoms with van der Waals surface area (Å²) >= 11 is 0. The number of benzene rings is 1. The number of nitrogens with one attached hydrogen (secondary N) is 1. The molecule has 146 valence electrons. The van der Waals surface area contributed by atoms with Crippen LogP contribution in [0.1, 0.15) is 30.3 Å². The molecule has 1 fully saturated rings. The Hall–Kier alpha value is -3.07. The SMILES string of the molecule is Cc1nc(CN2CCN(C(=O)[C@@H](C)c3n[nH]c(=O)c4ccccc34)CC2)no1. The van der Waals surface area contributed by atoms with E-state index in [-0.39, 0.29) is 11.5 Å². The minimum atomic E-state index is -0.437. The molecule has 28 heavy (non-hydrogen) atoms. The molecule has 9 nitrogen and oxygen atoms in total. The number of carbonyl (C=O) groups is 1. The first-order valence-corrected chi connectivity index (χ1v) is 9.30. The molecule has 1 amide bonds. The van der Waals surface area contributed by atoms with Crippen LogP contribution in [0, 0.1) is 6.92 Å². The molecule has 0 saturated carbocycles. The zero-order chi connectivity index (χ0) is 19.7. The quantitative estimate of drug-likeness (QED) is 0.719. The van der Waals surface area contributed by atoms with Gasteiger partial charge in [0.1, 0.15) is 0 Å². The minimum absolute atomic E-state index is 0.0137. The summed E-state index contributed by atoms with van der Waals surface area (Å²) in [5, 5.41) is 11.9. The molecule has 0 spiro atoms. The van der Waals surface area contributed by atoms with Gasteiger partial charge in [-0.3, -0.25) is 14.5 Å². The monoisotopic (exact) mass is 382 g/mol. The van der Waals surface area contributed by atoms with E-state index in [0.29, 0.717) is 42.4 Å². The fourth-order valence-electron chi connectivity index (χ4n) is 3.59. The van der Waals surface area contributed by atoms with Crippen LogP contribution in [0.25, 0.3) is 10.8 Å². The number of carbonyl (C=O) groups excluding carboxylic acids is 1. The molecule has 2 aromatic heterocycles. The molecule has 0 aliphatic carbocycles. The molecule has 1 aromatic carbocycles. The molecule has 0 unspecified atom stereocenters. The van der Waals surface area contributed by atoms with Crippen LogP contribution < -0.4 is 5.56 Å². The van der Waals surface area contributed by atoms with E-state index in [1.807, 2.05) is 24.0 Å². The maximum atomic E-state index is 13.0. The average molecular weight is 382 g/mol. The molecular weight excluding hydrogens is 360 g/mol. The van der Waals surface area contributed by atoms with E-state index in [0.717, 1.165) is 18.5 Å². The van der Waals surface area contributed by atoms with E-state index in [1.54, 1.807) is 19.1 Å². The zero-order valence-electron chi connectivity index (χ0n) is 15.9. The zero-order valence-corrected chi connectivity index (χ0v) is 15.9. The van der Waals surface area contributed by atoms with Crippen molar-refractivity contribution in [2.75, 3.05) is 26.2 Å². The van der Waals surface area contributed by atoms with E-state index in [4.69, 9.17) is 4.52 Å². The fourth-order valence-corrected chi connectivity index (χ4v) is 3.59. The summed E-state index contributed by atoms with van der Waals surface area (Å²) in [6.07, 6.45) is 0. The summed E-state index contributed by atoms with van der Waals surface area (Å²) in [7, 11) is 0. The molecule has 9 heteroatoms. The number of aryl methyl sites for hydroxylation is 1. The molecule has 1 aliphatic heterocycles. The van der Waals surface area contributed by atoms with Crippen LogP contribution in [-0.4, -0.2) is 62.2 Å². The lowest BCUT2D eigenvalue weighted by Gasteiger charge is -2.35. The Bertz CT molecular complexity index is 1050. The van der Waals surface area contributed by atoms with Crippen LogP contribution in [0.5, 0.6) is 0 Å². The largest absolute Gasteiger partial charge is 0.340 e. The van der Waals surface area contributed by atoms with E-state index in [9.17, 15) is 9.59 Å². The molecule has 0 radical (unpaired) electrons. The number of H-pyrrole nitrogens is 1. The maximum Gasteiger partial charge on any atom is 0.272 e. The molecule has 3 aromatic rings. The Balaban J connectivity index is 1.44. The van der Waals surface area contributed by atoms with Crippen molar-refractivity contribution in [3.05, 3.63) is 52.0 Å². The Morgan fingerprint density at radius 3 is 2.61 bits per heavy atom. The van der Waals surface area contributed by atoms with E-state index < -0.39 is 5.92 Å². The smallest absolute Gasteiger partial charge is 0.272 e. The summed E-state index contributed by atoms with van der Waals surface area (Å²) in [4.78, 5) is 33.3. The predicted octanol–water partition coefficient (Wildman–Crippen LogP) is 1.06. The maximum absolute atomic E-state index is 13.0. The van der Waals surface area contributed by atoms with E-state index >= 15 is 0 Å². The first-order valence-electron chi connectivity index (χ1n) is 9.30. The van der Waals surface area contributed by atoms with Gasteiger partial charge >= 0.3 is 0 Å². The van der Waals surface area contributed by atoms with Crippen LogP contribution in [0.15, 0.2) is 33.6 Å². The van der Waals surface area contributed by atoms with Gasteiger partial charge in [-0.1, -0.05) is 23.4 Å². The highest BCUT2D eigenvalue weighted by atomic mass is 16.5. The van der Waals surface area contributed by atoms with Crippen molar-refractivity contribution in [2.45, 2.75) is 26.3 Å². The van der Waals surface area contributed by atoms with Crippen LogP contribution in [0.3, 0.4) is 0 Å². The standard InChI is InChI=1S/C19H22N6O3/c1-12(17-14-5-3-4-6-15(14)18(26)22-21-17)19(27)25-9-7-24(8-10-25)11-16-20-13(2)28-23-16/h3-6,12H,7-11H2,1-2H3,(H,22,26)/t12-/m0/s1. The van der Waals surface area contributed by atoms with Gasteiger partial charge < -0.3 is 9.42 Å². The molecule has 1 aliphatic rings. The number of aromatic amines is 1. The van der Waals surface area contributed by atoms with Gasteiger partial charge in [0.25, 0.3) is 5.56 Å². The van der Waals surface area contributed by atoms with Crippen molar-refractivity contribution in [1.82, 2.24) is 30.1 Å². The number of rotatable bonds is 4. The van der Waals surface area contributed by atoms with Crippen LogP contribution in [0.4, 0.5) is 0 Å². The number of hydrogen-bond acceptors (Lipinski definition) is 7. The van der Waals surface area contributed by atoms with Gasteiger partial charge in [0.2, 0.25) is 11.8 Å². The number of amides is 1. The highest BCUT2D eigenvalue weighted by Gasteiger charge is 2.28. The molecule has 1 N–H and O–H groups in total. The third-order valence-electron chi connectivity index (χ3n) is 5.12. The third-order valence-corrected chi connectivity index (χ3v) is 5.12. The third kappa shape index (κ3) is 3.53. The number of piperazine rings is 1. The first kappa shape index (κ1) is 18.3. The number of hydrogen-bond donors (Lipinski definition) is 1. The van der Waals surface area contributed by atoms with Gasteiger partial charge in [0.05, 0.1) is 23.5 Å². The lowest BCUT2D eigenvalue weighted by atomic mass is 10.00. The van der Waals surface area contributed by atoms with Crippen molar-refractivity contribution < 1.29 is 9.32 Å². The highest BCUT2D eigenvalue weighted by molar-refractivity contribution is 5.91. The summed E-state index contributed by atoms with van der Waals surface area (Å²) in [5.41, 5.74) is 0.356. The molecule has 4 rings (SSSR count). The Morgan fingerprint density at radius 1 is 1.21 bits per heavy atom. The summed E-state index contributed by atoms with van der Waals surface area (Å²) in [5.74, 6) is 0.792. The van der Waals surface area contributed by atoms with Crippen LogP contribution in [-0.2, 0) is 11.3 Å². The second-order valence-corrected chi connectivity index (χ2v) is 7.04. The molecule has 3 heterocycles. The Labute approximate surface area is 161 Å². The van der Waals surface area contributed by atoms with Gasteiger partial charge in [-0.15, -0.1) is 0 Å². The normalized spacial score (nSPS) is 16.4. The lowest BCUT2D eigenvalue weighted by Crippen LogP contribution is -2.49. The van der Waals surface area contributed by atoms with Crippen molar-refractivity contribution in [1.29, 1.82) is 0 Å². The van der Waals surface area contributed by atoms with E-state index in [1.165, 1.54) is 0 Å².